The molecule has 1 nitrogen and oxygen atoms in total. The van der Waals surface area contributed by atoms with Gasteiger partial charge in [-0.15, -0.1) is 0 Å². The van der Waals surface area contributed by atoms with Gasteiger partial charge in [-0.3, -0.25) is 0 Å². The van der Waals surface area contributed by atoms with Gasteiger partial charge in [-0.2, -0.15) is 0 Å². The van der Waals surface area contributed by atoms with Gasteiger partial charge in [-0.25, -0.2) is 0 Å². The average Bonchev–Trinajstić information content (AvgIpc) is 3.21. The fourth-order valence-corrected chi connectivity index (χ4v) is 8.00. The molecule has 0 aliphatic rings. The Bertz CT molecular complexity index is 2890. The van der Waals surface area contributed by atoms with Crippen LogP contribution in [0.15, 0.2) is 200 Å². The molecule has 10 aromatic rings. The van der Waals surface area contributed by atoms with Gasteiger partial charge >= 0.3 is 0 Å². The van der Waals surface area contributed by atoms with E-state index in [1.165, 1.54) is 76.1 Å². The third-order valence-corrected chi connectivity index (χ3v) is 10.4. The highest BCUT2D eigenvalue weighted by Crippen LogP contribution is 2.44. The molecule has 0 unspecified atom stereocenters. The molecule has 0 aliphatic heterocycles. The summed E-state index contributed by atoms with van der Waals surface area (Å²) >= 11 is 0. The molecule has 0 radical (unpaired) electrons. The van der Waals surface area contributed by atoms with Crippen molar-refractivity contribution in [2.75, 3.05) is 4.90 Å². The van der Waals surface area contributed by atoms with E-state index in [1.807, 2.05) is 0 Å². The van der Waals surface area contributed by atoms with Crippen molar-refractivity contribution >= 4 is 70.9 Å². The Labute approximate surface area is 297 Å². The van der Waals surface area contributed by atoms with Crippen molar-refractivity contribution in [2.24, 2.45) is 0 Å². The predicted molar refractivity (Wildman–Crippen MR) is 220 cm³/mol. The van der Waals surface area contributed by atoms with Crippen LogP contribution < -0.4 is 4.90 Å². The third kappa shape index (κ3) is 4.94. The lowest BCUT2D eigenvalue weighted by Gasteiger charge is -2.28. The summed E-state index contributed by atoms with van der Waals surface area (Å²) in [6.07, 6.45) is 0. The van der Waals surface area contributed by atoms with Crippen molar-refractivity contribution in [3.8, 4) is 22.3 Å². The van der Waals surface area contributed by atoms with E-state index in [0.29, 0.717) is 0 Å². The van der Waals surface area contributed by atoms with Gasteiger partial charge in [0, 0.05) is 16.8 Å². The molecule has 0 bridgehead atoms. The van der Waals surface area contributed by atoms with Gasteiger partial charge in [0.05, 0.1) is 5.69 Å². The summed E-state index contributed by atoms with van der Waals surface area (Å²) in [5.74, 6) is 0. The summed E-state index contributed by atoms with van der Waals surface area (Å²) in [5, 5.41) is 12.6. The van der Waals surface area contributed by atoms with Crippen LogP contribution in [0.2, 0.25) is 0 Å². The van der Waals surface area contributed by atoms with E-state index in [0.717, 1.165) is 17.1 Å². The summed E-state index contributed by atoms with van der Waals surface area (Å²) in [4.78, 5) is 2.43. The number of nitrogens with zero attached hydrogens (tertiary/aromatic N) is 1. The Morgan fingerprint density at radius 1 is 0.275 bits per heavy atom. The minimum absolute atomic E-state index is 1.11. The number of hydrogen-bond donors (Lipinski definition) is 0. The molecule has 0 saturated heterocycles. The molecular formula is C50H33N. The number of hydrogen-bond acceptors (Lipinski definition) is 1. The van der Waals surface area contributed by atoms with Crippen LogP contribution in [-0.4, -0.2) is 0 Å². The van der Waals surface area contributed by atoms with Crippen molar-refractivity contribution in [2.45, 2.75) is 0 Å². The lowest BCUT2D eigenvalue weighted by Crippen LogP contribution is -2.10. The van der Waals surface area contributed by atoms with Crippen molar-refractivity contribution in [3.63, 3.8) is 0 Å². The van der Waals surface area contributed by atoms with E-state index in [2.05, 4.69) is 205 Å². The number of rotatable bonds is 5. The summed E-state index contributed by atoms with van der Waals surface area (Å²) in [5.41, 5.74) is 8.22. The topological polar surface area (TPSA) is 3.24 Å². The number of anilines is 3. The van der Waals surface area contributed by atoms with Gasteiger partial charge in [0.2, 0.25) is 0 Å². The number of fused-ring (bicyclic) bond motifs is 8. The quantitative estimate of drug-likeness (QED) is 0.168. The first-order valence-electron chi connectivity index (χ1n) is 17.6. The van der Waals surface area contributed by atoms with E-state index >= 15 is 0 Å². The molecule has 0 fully saturated rings. The van der Waals surface area contributed by atoms with Crippen LogP contribution in [0, 0.1) is 0 Å². The molecule has 0 N–H and O–H groups in total. The maximum absolute atomic E-state index is 2.43. The van der Waals surface area contributed by atoms with Gasteiger partial charge in [0.1, 0.15) is 0 Å². The van der Waals surface area contributed by atoms with Gasteiger partial charge in [0.15, 0.2) is 0 Å². The van der Waals surface area contributed by atoms with E-state index < -0.39 is 0 Å². The number of benzene rings is 10. The molecule has 10 aromatic carbocycles. The summed E-state index contributed by atoms with van der Waals surface area (Å²) in [6, 6.07) is 73.0. The monoisotopic (exact) mass is 647 g/mol. The summed E-state index contributed by atoms with van der Waals surface area (Å²) in [6.45, 7) is 0. The van der Waals surface area contributed by atoms with Crippen LogP contribution in [0.4, 0.5) is 17.1 Å². The normalized spacial score (nSPS) is 11.5. The second-order valence-electron chi connectivity index (χ2n) is 13.3. The fourth-order valence-electron chi connectivity index (χ4n) is 8.00. The van der Waals surface area contributed by atoms with Gasteiger partial charge in [0.25, 0.3) is 0 Å². The van der Waals surface area contributed by atoms with E-state index in [9.17, 15) is 0 Å². The van der Waals surface area contributed by atoms with E-state index in [-0.39, 0.29) is 0 Å². The third-order valence-electron chi connectivity index (χ3n) is 10.4. The Morgan fingerprint density at radius 2 is 0.863 bits per heavy atom. The van der Waals surface area contributed by atoms with E-state index in [4.69, 9.17) is 0 Å². The SMILES string of the molecule is c1ccc(-c2cccc(N(c3ccc(-c4cc5ccccc5c5c4ccc4ccccc45)cc3)c3cc4ccccc4c4ccccc34)c2)cc1. The van der Waals surface area contributed by atoms with Crippen LogP contribution >= 0.6 is 0 Å². The van der Waals surface area contributed by atoms with Crippen LogP contribution in [-0.2, 0) is 0 Å². The highest BCUT2D eigenvalue weighted by molar-refractivity contribution is 6.24. The maximum atomic E-state index is 2.43. The Balaban J connectivity index is 1.19. The molecule has 0 aliphatic carbocycles. The molecule has 1 heteroatoms. The maximum Gasteiger partial charge on any atom is 0.0546 e. The fraction of sp³-hybridized carbons (Fsp3) is 0. The summed E-state index contributed by atoms with van der Waals surface area (Å²) in [7, 11) is 0. The first-order valence-corrected chi connectivity index (χ1v) is 17.6. The molecule has 0 saturated carbocycles. The second kappa shape index (κ2) is 12.0. The van der Waals surface area contributed by atoms with Gasteiger partial charge in [-0.05, 0) is 107 Å². The molecule has 238 valence electrons. The molecule has 51 heavy (non-hydrogen) atoms. The van der Waals surface area contributed by atoms with Crippen molar-refractivity contribution in [3.05, 3.63) is 200 Å². The standard InChI is InChI=1S/C50H33N/c1-2-13-34(14-3-1)37-18-12-19-41(31-37)51(49-33-39-17-5-7-20-42(39)45-23-10-11-24-46(45)49)40-28-25-36(26-29-40)48-32-38-16-6-9-22-44(38)50-43-21-8-4-15-35(43)27-30-47(48)50/h1-33H. The zero-order valence-corrected chi connectivity index (χ0v) is 28.0. The first-order chi connectivity index (χ1) is 25.3. The highest BCUT2D eigenvalue weighted by atomic mass is 15.1. The van der Waals surface area contributed by atoms with Crippen LogP contribution in [0.5, 0.6) is 0 Å². The molecule has 0 aromatic heterocycles. The molecule has 0 heterocycles. The minimum Gasteiger partial charge on any atom is -0.310 e. The largest absolute Gasteiger partial charge is 0.310 e. The molecular weight excluding hydrogens is 615 g/mol. The molecule has 0 atom stereocenters. The van der Waals surface area contributed by atoms with Crippen LogP contribution in [0.25, 0.3) is 76.1 Å². The van der Waals surface area contributed by atoms with Crippen molar-refractivity contribution in [1.29, 1.82) is 0 Å². The predicted octanol–water partition coefficient (Wildman–Crippen LogP) is 14.3. The lowest BCUT2D eigenvalue weighted by molar-refractivity contribution is 1.30. The minimum atomic E-state index is 1.11. The highest BCUT2D eigenvalue weighted by Gasteiger charge is 2.19. The van der Waals surface area contributed by atoms with Crippen LogP contribution in [0.3, 0.4) is 0 Å². The molecule has 0 spiro atoms. The first kappa shape index (κ1) is 29.2. The van der Waals surface area contributed by atoms with Gasteiger partial charge < -0.3 is 4.90 Å². The zero-order chi connectivity index (χ0) is 33.7. The Hall–Kier alpha value is -6.70. The smallest absolute Gasteiger partial charge is 0.0546 e. The van der Waals surface area contributed by atoms with Crippen molar-refractivity contribution < 1.29 is 0 Å². The van der Waals surface area contributed by atoms with Gasteiger partial charge in [-0.1, -0.05) is 164 Å². The average molecular weight is 648 g/mol. The second-order valence-corrected chi connectivity index (χ2v) is 13.3. The molecule has 10 rings (SSSR count). The Kier molecular flexibility index (Phi) is 6.89. The van der Waals surface area contributed by atoms with Crippen LogP contribution in [0.1, 0.15) is 0 Å². The van der Waals surface area contributed by atoms with E-state index in [1.54, 1.807) is 0 Å². The molecule has 0 amide bonds. The zero-order valence-electron chi connectivity index (χ0n) is 28.0. The van der Waals surface area contributed by atoms with Crippen molar-refractivity contribution in [1.82, 2.24) is 0 Å². The summed E-state index contributed by atoms with van der Waals surface area (Å²) < 4.78 is 0. The lowest BCUT2D eigenvalue weighted by atomic mass is 9.90. The Morgan fingerprint density at radius 3 is 1.63 bits per heavy atom.